The Bertz CT molecular complexity index is 107. The Morgan fingerprint density at radius 2 is 2.14 bits per heavy atom. The molecule has 0 amide bonds. The monoisotopic (exact) mass is 119 g/mol. The lowest BCUT2D eigenvalue weighted by Crippen LogP contribution is -2.10. The van der Waals surface area contributed by atoms with Crippen LogP contribution in [0.25, 0.3) is 0 Å². The first-order valence-electron chi connectivity index (χ1n) is 1.60. The van der Waals surface area contributed by atoms with Crippen LogP contribution in [0.1, 0.15) is 0 Å². The largest absolute Gasteiger partial charge is 0.403 e. The molecule has 0 radical (unpaired) electrons. The van der Waals surface area contributed by atoms with Gasteiger partial charge in [-0.25, -0.2) is 0 Å². The number of hydrogen-bond acceptors (Lipinski definition) is 2. The van der Waals surface area contributed by atoms with Crippen LogP contribution in [0.15, 0.2) is 11.2 Å². The third-order valence-corrected chi connectivity index (χ3v) is 0.733. The lowest BCUT2D eigenvalue weighted by molar-refractivity contribution is 1.44. The first-order valence-corrected chi connectivity index (χ1v) is 1.98. The summed E-state index contributed by atoms with van der Waals surface area (Å²) in [6, 6.07) is 0. The predicted octanol–water partition coefficient (Wildman–Crippen LogP) is -0.0387. The molecule has 0 atom stereocenters. The molecule has 4 heteroatoms. The molecule has 0 unspecified atom stereocenters. The van der Waals surface area contributed by atoms with E-state index < -0.39 is 0 Å². The summed E-state index contributed by atoms with van der Waals surface area (Å²) in [4.78, 5) is 0. The van der Waals surface area contributed by atoms with E-state index in [2.05, 4.69) is 0 Å². The normalized spacial score (nSPS) is 11.3. The van der Waals surface area contributed by atoms with Gasteiger partial charge in [0.05, 0.1) is 5.03 Å². The smallest absolute Gasteiger partial charge is 0.136 e. The second-order valence-corrected chi connectivity index (χ2v) is 1.34. The summed E-state index contributed by atoms with van der Waals surface area (Å²) in [6.45, 7) is 0. The lowest BCUT2D eigenvalue weighted by atomic mass is 10.6. The van der Waals surface area contributed by atoms with Gasteiger partial charge >= 0.3 is 0 Å². The maximum atomic E-state index is 6.60. The van der Waals surface area contributed by atoms with E-state index in [1.807, 2.05) is 0 Å². The minimum Gasteiger partial charge on any atom is -0.403 e. The van der Waals surface area contributed by atoms with E-state index in [1.54, 1.807) is 0 Å². The summed E-state index contributed by atoms with van der Waals surface area (Å²) in [5.74, 6) is -0.204. The van der Waals surface area contributed by atoms with Crippen LogP contribution in [0, 0.1) is 5.41 Å². The van der Waals surface area contributed by atoms with Gasteiger partial charge in [-0.15, -0.1) is 0 Å². The van der Waals surface area contributed by atoms with Gasteiger partial charge in [0.2, 0.25) is 0 Å². The second kappa shape index (κ2) is 2.47. The third-order valence-electron chi connectivity index (χ3n) is 0.404. The molecule has 0 aliphatic heterocycles. The summed E-state index contributed by atoms with van der Waals surface area (Å²) in [7, 11) is 0. The molecule has 0 bridgehead atoms. The third kappa shape index (κ3) is 2.05. The Balaban J connectivity index is 3.82. The maximum absolute atomic E-state index is 6.60. The van der Waals surface area contributed by atoms with Crippen LogP contribution < -0.4 is 11.5 Å². The van der Waals surface area contributed by atoms with Crippen molar-refractivity contribution in [1.29, 1.82) is 5.41 Å². The molecule has 0 saturated heterocycles. The van der Waals surface area contributed by atoms with Gasteiger partial charge in [0.1, 0.15) is 5.84 Å². The molecule has 0 saturated carbocycles. The topological polar surface area (TPSA) is 75.9 Å². The molecule has 0 heterocycles. The number of amidine groups is 1. The molecule has 7 heavy (non-hydrogen) atoms. The molecule has 0 aromatic heterocycles. The summed E-state index contributed by atoms with van der Waals surface area (Å²) in [5.41, 5.74) is 9.71. The molecule has 5 N–H and O–H groups in total. The van der Waals surface area contributed by atoms with Crippen LogP contribution in [0.3, 0.4) is 0 Å². The van der Waals surface area contributed by atoms with Crippen molar-refractivity contribution in [3.63, 3.8) is 0 Å². The summed E-state index contributed by atoms with van der Waals surface area (Å²) in [6.07, 6.45) is 1.07. The average Bonchev–Trinajstić information content (AvgIpc) is 1.65. The standard InChI is InChI=1S/C3H6ClN3/c4-2(1-5)3(6)7/h1H,5H2,(H3,6,7). The van der Waals surface area contributed by atoms with Crippen LogP contribution in [-0.4, -0.2) is 5.84 Å². The highest BCUT2D eigenvalue weighted by Crippen LogP contribution is 1.93. The second-order valence-electron chi connectivity index (χ2n) is 0.928. The molecule has 0 aromatic rings. The number of nitrogens with one attached hydrogen (secondary N) is 1. The zero-order valence-electron chi connectivity index (χ0n) is 3.61. The van der Waals surface area contributed by atoms with Crippen molar-refractivity contribution in [2.75, 3.05) is 0 Å². The molecule has 40 valence electrons. The van der Waals surface area contributed by atoms with Crippen molar-refractivity contribution in [2.45, 2.75) is 0 Å². The van der Waals surface area contributed by atoms with Crippen molar-refractivity contribution in [2.24, 2.45) is 11.5 Å². The van der Waals surface area contributed by atoms with Crippen LogP contribution in [0.4, 0.5) is 0 Å². The van der Waals surface area contributed by atoms with E-state index in [9.17, 15) is 0 Å². The first-order chi connectivity index (χ1) is 3.18. The molecular weight excluding hydrogens is 114 g/mol. The average molecular weight is 120 g/mol. The highest BCUT2D eigenvalue weighted by atomic mass is 35.5. The lowest BCUT2D eigenvalue weighted by Gasteiger charge is -1.87. The summed E-state index contributed by atoms with van der Waals surface area (Å²) in [5, 5.41) is 6.68. The van der Waals surface area contributed by atoms with E-state index in [1.165, 1.54) is 0 Å². The predicted molar refractivity (Wildman–Crippen MR) is 30.0 cm³/mol. The molecular formula is C3H6ClN3. The van der Waals surface area contributed by atoms with E-state index >= 15 is 0 Å². The summed E-state index contributed by atoms with van der Waals surface area (Å²) < 4.78 is 0. The Labute approximate surface area is 46.4 Å². The molecule has 0 spiro atoms. The van der Waals surface area contributed by atoms with E-state index in [4.69, 9.17) is 28.5 Å². The Morgan fingerprint density at radius 3 is 2.14 bits per heavy atom. The maximum Gasteiger partial charge on any atom is 0.136 e. The fourth-order valence-electron chi connectivity index (χ4n) is 0.0898. The molecule has 3 nitrogen and oxygen atoms in total. The van der Waals surface area contributed by atoms with Gasteiger partial charge in [-0.1, -0.05) is 11.6 Å². The Hall–Kier alpha value is -0.700. The van der Waals surface area contributed by atoms with E-state index in [-0.39, 0.29) is 10.9 Å². The zero-order chi connectivity index (χ0) is 5.86. The van der Waals surface area contributed by atoms with Crippen molar-refractivity contribution < 1.29 is 0 Å². The van der Waals surface area contributed by atoms with Gasteiger partial charge in [0.25, 0.3) is 0 Å². The fraction of sp³-hybridized carbons (Fsp3) is 0. The van der Waals surface area contributed by atoms with Crippen molar-refractivity contribution >= 4 is 17.4 Å². The quantitative estimate of drug-likeness (QED) is 0.335. The van der Waals surface area contributed by atoms with Gasteiger partial charge in [-0.05, 0) is 0 Å². The van der Waals surface area contributed by atoms with Crippen molar-refractivity contribution in [3.05, 3.63) is 11.2 Å². The first kappa shape index (κ1) is 6.30. The number of hydrogen-bond donors (Lipinski definition) is 3. The molecule has 0 aliphatic carbocycles. The number of rotatable bonds is 1. The van der Waals surface area contributed by atoms with Gasteiger partial charge < -0.3 is 11.5 Å². The fourth-order valence-corrected chi connectivity index (χ4v) is 0.0898. The number of halogens is 1. The molecule has 0 aromatic carbocycles. The van der Waals surface area contributed by atoms with E-state index in [0.717, 1.165) is 6.20 Å². The van der Waals surface area contributed by atoms with Crippen molar-refractivity contribution in [1.82, 2.24) is 0 Å². The Morgan fingerprint density at radius 1 is 1.71 bits per heavy atom. The highest BCUT2D eigenvalue weighted by molar-refractivity contribution is 6.42. The van der Waals surface area contributed by atoms with Crippen LogP contribution in [0.5, 0.6) is 0 Å². The van der Waals surface area contributed by atoms with Gasteiger partial charge in [-0.2, -0.15) is 0 Å². The highest BCUT2D eigenvalue weighted by Gasteiger charge is 1.89. The van der Waals surface area contributed by atoms with Crippen LogP contribution in [-0.2, 0) is 0 Å². The minimum absolute atomic E-state index is 0.0833. The van der Waals surface area contributed by atoms with E-state index in [0.29, 0.717) is 0 Å². The summed E-state index contributed by atoms with van der Waals surface area (Å²) >= 11 is 5.19. The zero-order valence-corrected chi connectivity index (χ0v) is 4.37. The van der Waals surface area contributed by atoms with Crippen molar-refractivity contribution in [3.8, 4) is 0 Å². The van der Waals surface area contributed by atoms with Crippen LogP contribution >= 0.6 is 11.6 Å². The van der Waals surface area contributed by atoms with Gasteiger partial charge in [0, 0.05) is 6.20 Å². The molecule has 0 fully saturated rings. The SMILES string of the molecule is N=C(N)C(Cl)=CN. The molecule has 0 rings (SSSR count). The Kier molecular flexibility index (Phi) is 2.22. The van der Waals surface area contributed by atoms with Gasteiger partial charge in [0.15, 0.2) is 0 Å². The number of nitrogens with two attached hydrogens (primary N) is 2. The minimum atomic E-state index is -0.204. The molecule has 0 aliphatic rings. The van der Waals surface area contributed by atoms with Crippen LogP contribution in [0.2, 0.25) is 0 Å². The van der Waals surface area contributed by atoms with Gasteiger partial charge in [-0.3, -0.25) is 5.41 Å².